The lowest BCUT2D eigenvalue weighted by molar-refractivity contribution is 0.630. The molecule has 0 saturated carbocycles. The standard InChI is InChI=1S/C13H10F/c1-10-7-8-12(13(14)9-10)11-5-3-2-4-6-11/h2-5,7-9H,1H3. The summed E-state index contributed by atoms with van der Waals surface area (Å²) in [6.45, 7) is 1.88. The van der Waals surface area contributed by atoms with Gasteiger partial charge in [-0.3, -0.25) is 0 Å². The average molecular weight is 185 g/mol. The first kappa shape index (κ1) is 8.95. The van der Waals surface area contributed by atoms with E-state index in [-0.39, 0.29) is 5.82 Å². The number of hydrogen-bond acceptors (Lipinski definition) is 0. The van der Waals surface area contributed by atoms with Crippen LogP contribution >= 0.6 is 0 Å². The summed E-state index contributed by atoms with van der Waals surface area (Å²) in [5.74, 6) is -0.188. The number of aryl methyl sites for hydroxylation is 1. The molecule has 0 aliphatic carbocycles. The van der Waals surface area contributed by atoms with E-state index < -0.39 is 0 Å². The zero-order chi connectivity index (χ0) is 9.97. The van der Waals surface area contributed by atoms with Gasteiger partial charge in [0.25, 0.3) is 0 Å². The minimum Gasteiger partial charge on any atom is -0.206 e. The third-order valence-electron chi connectivity index (χ3n) is 2.12. The van der Waals surface area contributed by atoms with E-state index in [9.17, 15) is 4.39 Å². The Morgan fingerprint density at radius 3 is 2.64 bits per heavy atom. The summed E-state index contributed by atoms with van der Waals surface area (Å²) in [6, 6.07) is 15.6. The first-order valence-electron chi connectivity index (χ1n) is 4.50. The fraction of sp³-hybridized carbons (Fsp3) is 0.0769. The summed E-state index contributed by atoms with van der Waals surface area (Å²) in [7, 11) is 0. The van der Waals surface area contributed by atoms with Gasteiger partial charge in [-0.2, -0.15) is 0 Å². The molecule has 2 aromatic carbocycles. The molecule has 0 amide bonds. The largest absolute Gasteiger partial charge is 0.206 e. The van der Waals surface area contributed by atoms with Crippen molar-refractivity contribution >= 4 is 0 Å². The van der Waals surface area contributed by atoms with Crippen molar-refractivity contribution in [2.24, 2.45) is 0 Å². The summed E-state index contributed by atoms with van der Waals surface area (Å²) in [4.78, 5) is 0. The highest BCUT2D eigenvalue weighted by Gasteiger charge is 2.03. The van der Waals surface area contributed by atoms with Crippen LogP contribution in [0.5, 0.6) is 0 Å². The maximum atomic E-state index is 13.5. The second-order valence-corrected chi connectivity index (χ2v) is 3.26. The molecule has 0 fully saturated rings. The normalized spacial score (nSPS) is 10.1. The van der Waals surface area contributed by atoms with E-state index in [4.69, 9.17) is 0 Å². The van der Waals surface area contributed by atoms with Crippen molar-refractivity contribution in [3.05, 3.63) is 59.9 Å². The van der Waals surface area contributed by atoms with E-state index in [1.54, 1.807) is 12.1 Å². The van der Waals surface area contributed by atoms with Crippen molar-refractivity contribution in [1.29, 1.82) is 0 Å². The molecule has 0 bridgehead atoms. The summed E-state index contributed by atoms with van der Waals surface area (Å²) in [5.41, 5.74) is 2.34. The highest BCUT2D eigenvalue weighted by Crippen LogP contribution is 2.22. The van der Waals surface area contributed by atoms with E-state index in [2.05, 4.69) is 6.07 Å². The summed E-state index contributed by atoms with van der Waals surface area (Å²) in [6.07, 6.45) is 0. The van der Waals surface area contributed by atoms with E-state index in [1.165, 1.54) is 6.07 Å². The molecular formula is C13H10F. The van der Waals surface area contributed by atoms with Gasteiger partial charge in [0.1, 0.15) is 5.82 Å². The van der Waals surface area contributed by atoms with Crippen molar-refractivity contribution in [2.45, 2.75) is 6.92 Å². The first-order valence-corrected chi connectivity index (χ1v) is 4.50. The van der Waals surface area contributed by atoms with Gasteiger partial charge < -0.3 is 0 Å². The highest BCUT2D eigenvalue weighted by atomic mass is 19.1. The molecule has 0 unspecified atom stereocenters. The van der Waals surface area contributed by atoms with Crippen LogP contribution < -0.4 is 0 Å². The van der Waals surface area contributed by atoms with E-state index in [1.807, 2.05) is 31.2 Å². The molecule has 2 rings (SSSR count). The Morgan fingerprint density at radius 1 is 1.14 bits per heavy atom. The minimum atomic E-state index is -0.188. The molecule has 69 valence electrons. The van der Waals surface area contributed by atoms with Gasteiger partial charge in [-0.05, 0) is 30.2 Å². The fourth-order valence-electron chi connectivity index (χ4n) is 1.40. The Hall–Kier alpha value is -1.63. The third kappa shape index (κ3) is 1.67. The third-order valence-corrected chi connectivity index (χ3v) is 2.12. The zero-order valence-electron chi connectivity index (χ0n) is 7.92. The van der Waals surface area contributed by atoms with Crippen LogP contribution in [0.1, 0.15) is 5.56 Å². The average Bonchev–Trinajstić information content (AvgIpc) is 2.19. The molecule has 0 aliphatic rings. The van der Waals surface area contributed by atoms with Gasteiger partial charge in [0.2, 0.25) is 0 Å². The van der Waals surface area contributed by atoms with Crippen LogP contribution in [0.4, 0.5) is 4.39 Å². The monoisotopic (exact) mass is 185 g/mol. The number of benzene rings is 2. The van der Waals surface area contributed by atoms with E-state index >= 15 is 0 Å². The van der Waals surface area contributed by atoms with Gasteiger partial charge in [0.05, 0.1) is 0 Å². The number of hydrogen-bond donors (Lipinski definition) is 0. The van der Waals surface area contributed by atoms with E-state index in [0.717, 1.165) is 11.1 Å². The summed E-state index contributed by atoms with van der Waals surface area (Å²) < 4.78 is 13.5. The SMILES string of the molecule is Cc1ccc(-c2[c]cccc2)c(F)c1. The Balaban J connectivity index is 2.53. The summed E-state index contributed by atoms with van der Waals surface area (Å²) in [5, 5.41) is 0. The van der Waals surface area contributed by atoms with Gasteiger partial charge in [-0.25, -0.2) is 4.39 Å². The van der Waals surface area contributed by atoms with Crippen LogP contribution in [0.3, 0.4) is 0 Å². The second kappa shape index (κ2) is 3.62. The molecule has 0 aromatic heterocycles. The maximum absolute atomic E-state index is 13.5. The second-order valence-electron chi connectivity index (χ2n) is 3.26. The minimum absolute atomic E-state index is 0.188. The lowest BCUT2D eigenvalue weighted by Gasteiger charge is -2.03. The molecule has 2 aromatic rings. The van der Waals surface area contributed by atoms with Crippen molar-refractivity contribution in [3.8, 4) is 11.1 Å². The molecular weight excluding hydrogens is 175 g/mol. The van der Waals surface area contributed by atoms with Crippen LogP contribution in [0, 0.1) is 18.8 Å². The van der Waals surface area contributed by atoms with E-state index in [0.29, 0.717) is 5.56 Å². The molecule has 1 radical (unpaired) electrons. The fourth-order valence-corrected chi connectivity index (χ4v) is 1.40. The molecule has 0 spiro atoms. The Kier molecular flexibility index (Phi) is 2.32. The predicted molar refractivity (Wildman–Crippen MR) is 55.4 cm³/mol. The van der Waals surface area contributed by atoms with Crippen LogP contribution in [-0.4, -0.2) is 0 Å². The Bertz CT molecular complexity index is 432. The zero-order valence-corrected chi connectivity index (χ0v) is 7.92. The van der Waals surface area contributed by atoms with Crippen molar-refractivity contribution in [2.75, 3.05) is 0 Å². The van der Waals surface area contributed by atoms with Gasteiger partial charge in [-0.15, -0.1) is 0 Å². The maximum Gasteiger partial charge on any atom is 0.131 e. The number of rotatable bonds is 1. The van der Waals surface area contributed by atoms with Gasteiger partial charge >= 0.3 is 0 Å². The molecule has 0 N–H and O–H groups in total. The Labute approximate surface area is 83.0 Å². The van der Waals surface area contributed by atoms with Crippen molar-refractivity contribution in [1.82, 2.24) is 0 Å². The lowest BCUT2D eigenvalue weighted by atomic mass is 10.0. The summed E-state index contributed by atoms with van der Waals surface area (Å²) >= 11 is 0. The van der Waals surface area contributed by atoms with Crippen LogP contribution in [-0.2, 0) is 0 Å². The predicted octanol–water partition coefficient (Wildman–Crippen LogP) is 3.60. The molecule has 1 heteroatoms. The van der Waals surface area contributed by atoms with Crippen molar-refractivity contribution < 1.29 is 4.39 Å². The highest BCUT2D eigenvalue weighted by molar-refractivity contribution is 5.63. The van der Waals surface area contributed by atoms with Gasteiger partial charge in [-0.1, -0.05) is 36.4 Å². The first-order chi connectivity index (χ1) is 6.77. The topological polar surface area (TPSA) is 0 Å². The molecule has 14 heavy (non-hydrogen) atoms. The molecule has 0 saturated heterocycles. The smallest absolute Gasteiger partial charge is 0.131 e. The van der Waals surface area contributed by atoms with Gasteiger partial charge in [0, 0.05) is 5.56 Å². The molecule has 0 aliphatic heterocycles. The van der Waals surface area contributed by atoms with Crippen LogP contribution in [0.15, 0.2) is 42.5 Å². The van der Waals surface area contributed by atoms with Gasteiger partial charge in [0.15, 0.2) is 0 Å². The molecule has 0 nitrogen and oxygen atoms in total. The van der Waals surface area contributed by atoms with Crippen LogP contribution in [0.2, 0.25) is 0 Å². The quantitative estimate of drug-likeness (QED) is 0.636. The Morgan fingerprint density at radius 2 is 2.00 bits per heavy atom. The van der Waals surface area contributed by atoms with Crippen molar-refractivity contribution in [3.63, 3.8) is 0 Å². The van der Waals surface area contributed by atoms with Crippen LogP contribution in [0.25, 0.3) is 11.1 Å². The molecule has 0 atom stereocenters. The molecule has 0 heterocycles. The number of halogens is 1. The lowest BCUT2D eigenvalue weighted by Crippen LogP contribution is -1.85.